The molecule has 7 aromatic heterocycles. The van der Waals surface area contributed by atoms with E-state index in [1.165, 1.54) is 60.2 Å². The molecule has 0 amide bonds. The van der Waals surface area contributed by atoms with Crippen molar-refractivity contribution < 1.29 is 75.7 Å². The summed E-state index contributed by atoms with van der Waals surface area (Å²) in [6.07, 6.45) is 13.1. The van der Waals surface area contributed by atoms with Crippen molar-refractivity contribution >= 4 is 134 Å². The van der Waals surface area contributed by atoms with E-state index in [0.717, 1.165) is 87.6 Å². The number of para-hydroxylation sites is 1. The van der Waals surface area contributed by atoms with Gasteiger partial charge in [0.25, 0.3) is 0 Å². The van der Waals surface area contributed by atoms with E-state index >= 15 is 0 Å². The first kappa shape index (κ1) is 100. The van der Waals surface area contributed by atoms with E-state index in [-0.39, 0.29) is 109 Å². The first-order chi connectivity index (χ1) is 70.2. The topological polar surface area (TPSA) is 90.5 Å². The van der Waals surface area contributed by atoms with Crippen LogP contribution in [0.4, 0.5) is 0 Å². The summed E-state index contributed by atoms with van der Waals surface area (Å²) < 4.78 is 77.9. The minimum atomic E-state index is -2.43. The van der Waals surface area contributed by atoms with Crippen molar-refractivity contribution in [3.8, 4) is 78.7 Å². The summed E-state index contributed by atoms with van der Waals surface area (Å²) >= 11 is -6.96. The summed E-state index contributed by atoms with van der Waals surface area (Å²) in [5.41, 5.74) is 15.4. The number of hydrogen-bond acceptors (Lipinski definition) is 7. The van der Waals surface area contributed by atoms with Gasteiger partial charge in [-0.2, -0.15) is 0 Å². The van der Waals surface area contributed by atoms with E-state index in [0.29, 0.717) is 28.4 Å². The predicted molar refractivity (Wildman–Crippen MR) is 609 cm³/mol. The summed E-state index contributed by atoms with van der Waals surface area (Å²) in [4.78, 5) is 28.0. The number of benzene rings is 12. The summed E-state index contributed by atoms with van der Waals surface area (Å²) in [5, 5.41) is 8.61. The van der Waals surface area contributed by atoms with Gasteiger partial charge in [-0.05, 0) is 38.1 Å². The zero-order valence-corrected chi connectivity index (χ0v) is 101. The molecule has 16 heteroatoms. The van der Waals surface area contributed by atoms with Gasteiger partial charge < -0.3 is 15.0 Å². The summed E-state index contributed by atoms with van der Waals surface area (Å²) in [7, 11) is -4.92. The van der Waals surface area contributed by atoms with Crippen LogP contribution in [-0.2, 0) is 66.7 Å². The molecule has 0 saturated heterocycles. The second kappa shape index (κ2) is 51.9. The van der Waals surface area contributed by atoms with Gasteiger partial charge in [0.1, 0.15) is 16.1 Å². The molecule has 19 rings (SSSR count). The molecule has 19 aromatic rings. The van der Waals surface area contributed by atoms with Crippen LogP contribution in [0.5, 0.6) is 0 Å². The number of hydrogen-bond donors (Lipinski definition) is 0. The van der Waals surface area contributed by atoms with Gasteiger partial charge in [0.05, 0.1) is 8.07 Å². The van der Waals surface area contributed by atoms with Gasteiger partial charge in [-0.3, -0.25) is 0 Å². The van der Waals surface area contributed by atoms with Crippen molar-refractivity contribution in [3.63, 3.8) is 0 Å². The van der Waals surface area contributed by atoms with E-state index in [1.54, 1.807) is 4.40 Å². The van der Waals surface area contributed by atoms with Crippen molar-refractivity contribution in [1.29, 1.82) is 0 Å². The minimum Gasteiger partial charge on any atom is 0 e. The third-order valence-electron chi connectivity index (χ3n) is 26.7. The Balaban J connectivity index is 0.000000172. The summed E-state index contributed by atoms with van der Waals surface area (Å²) in [6, 6.07) is 128. The molecular formula is C126H130Ge3Ir3N6OSi3-6. The maximum Gasteiger partial charge on any atom is 0 e. The Morgan fingerprint density at radius 2 is 0.718 bits per heavy atom. The smallest absolute Gasteiger partial charge is 0 e. The van der Waals surface area contributed by atoms with E-state index in [4.69, 9.17) is 30.3 Å². The fourth-order valence-corrected chi connectivity index (χ4v) is 48.4. The van der Waals surface area contributed by atoms with Crippen molar-refractivity contribution in [2.45, 2.75) is 145 Å². The van der Waals surface area contributed by atoms with Gasteiger partial charge in [-0.1, -0.05) is 153 Å². The maximum atomic E-state index is 8.03. The molecule has 0 N–H and O–H groups in total. The number of pyridine rings is 6. The summed E-state index contributed by atoms with van der Waals surface area (Å²) in [5.74, 6) is 10.4. The molecule has 727 valence electrons. The van der Waals surface area contributed by atoms with Gasteiger partial charge in [0.15, 0.2) is 0 Å². The number of nitrogens with zero attached hydrogens (tertiary/aromatic N) is 6. The quantitative estimate of drug-likeness (QED) is 0.0493. The minimum absolute atomic E-state index is 0. The van der Waals surface area contributed by atoms with Crippen molar-refractivity contribution in [2.75, 3.05) is 0 Å². The van der Waals surface area contributed by atoms with E-state index in [1.807, 2.05) is 152 Å². The second-order valence-electron chi connectivity index (χ2n) is 39.7. The Kier molecular flexibility index (Phi) is 36.6. The zero-order chi connectivity index (χ0) is 105. The first-order valence-electron chi connectivity index (χ1n) is 52.1. The number of aromatic nitrogens is 6. The van der Waals surface area contributed by atoms with Crippen LogP contribution in [0.2, 0.25) is 83.1 Å². The molecule has 12 aromatic carbocycles. The normalized spacial score (nSPS) is 12.2. The Bertz CT molecular complexity index is 7440. The largest absolute Gasteiger partial charge is 0 e. The Morgan fingerprint density at radius 3 is 1.17 bits per heavy atom. The molecule has 0 fully saturated rings. The molecule has 0 unspecified atom stereocenters. The van der Waals surface area contributed by atoms with Crippen molar-refractivity contribution in [1.82, 2.24) is 29.9 Å². The molecule has 0 aliphatic heterocycles. The average Bonchev–Trinajstić information content (AvgIpc) is 0.779. The van der Waals surface area contributed by atoms with Crippen LogP contribution in [-0.4, -0.2) is 93.9 Å². The molecule has 0 spiro atoms. The second-order valence-corrected chi connectivity index (χ2v) is 84.4. The number of fused-ring (bicyclic) bond motifs is 3. The van der Waals surface area contributed by atoms with E-state index in [2.05, 4.69) is 382 Å². The summed E-state index contributed by atoms with van der Waals surface area (Å²) in [6.45, 7) is 35.1. The molecule has 0 saturated carbocycles. The molecule has 0 aliphatic rings. The van der Waals surface area contributed by atoms with Gasteiger partial charge in [0, 0.05) is 84.4 Å². The molecule has 142 heavy (non-hydrogen) atoms. The molecule has 3 radical (unpaired) electrons. The van der Waals surface area contributed by atoms with Crippen LogP contribution >= 0.6 is 0 Å². The standard InChI is InChI=1S/C29H30GeN.C25H20GeNO.C20H28GeN.2C19H18NSi.C14H16NSi.3Ir/c1-22(2)18-26-20-29(25-15-11-14-24(19-25)23-12-7-5-8-13-23)31-21-28(26)30(3,4)27-16-9-6-10-17-27;1-26(2,19-8-4-3-5-9-19)20-13-14-23(27-17-20)18-12-15-25-22(16-18)21-10-6-7-11-24(21)28-25;1-15(2)21(16(3)4,17(5)6)19-12-13-20(22-14-19)18-10-8-7-9-11-18;2*1-21(2,17-11-7-4-8-12-17)18-13-14-19(20-15-18)16-9-5-3-6-10-16;1-16(2,3)13-9-10-14(15-11-13)12-7-5-4-6-8-12;;;/h5-14,16-17,19-22H,18H2,1-4H3;3-11,13-17H,1-2H3;7-10,12-17H,1-6H3;2*3-9,11-15H,1-2H3;4-7,9-11H,1-3H3;;;/q6*-1;;;/i;;;2*3D,5D,6D,9D;;;;. The molecule has 7 heterocycles. The van der Waals surface area contributed by atoms with Crippen LogP contribution in [0.15, 0.2) is 411 Å². The van der Waals surface area contributed by atoms with Crippen LogP contribution in [0.3, 0.4) is 0 Å². The Hall–Kier alpha value is -10.4. The zero-order valence-electron chi connectivity index (χ0n) is 92.7. The fraction of sp³-hybridized carbons (Fsp3) is 0.190. The fourth-order valence-electron chi connectivity index (χ4n) is 18.5. The molecular weight excluding hydrogens is 2490 g/mol. The molecule has 7 nitrogen and oxygen atoms in total. The Morgan fingerprint density at radius 1 is 0.310 bits per heavy atom. The van der Waals surface area contributed by atoms with Crippen LogP contribution < -0.4 is 47.9 Å². The molecule has 0 bridgehead atoms. The van der Waals surface area contributed by atoms with E-state index < -0.39 is 64.0 Å². The van der Waals surface area contributed by atoms with Crippen LogP contribution in [0, 0.1) is 42.3 Å². The SMILES string of the molecule is CC(C)Cc1cc(-c2[c-]ccc(-c3ccccc3)c2)nc[c]1[Ge]([CH3])([CH3])[c]1ccccc1.C[CH](C)[Ge]([c]1ccc(-c2[c-]cccc2)nc1)([CH](C)C)[CH](C)C.C[Si](C)(C)c1ccc(-c2[c-]cccc2)nc1.[2H]c1[c-]c(-c2ccc([Si](C)(C)c3ccccc3)cn2)c([2H])c([2H])c1[2H].[2H]c1[c-]c(-c2ccc([Si](C)(C)c3ccccc3)cn2)c([2H])c([2H])c1[2H].[CH3][Ge]([CH3])([c]1ccccc1)[c]1ccc(-c2[c-]cc3oc4ccccc4c3c2)nc1.[Ir].[Ir].[Ir]. The van der Waals surface area contributed by atoms with Gasteiger partial charge in [0.2, 0.25) is 0 Å². The van der Waals surface area contributed by atoms with Crippen LogP contribution in [0.1, 0.15) is 71.9 Å². The first-order valence-corrected chi connectivity index (χ1v) is 74.9. The maximum absolute atomic E-state index is 8.03. The average molecular weight is 2630 g/mol. The number of furan rings is 1. The van der Waals surface area contributed by atoms with Gasteiger partial charge in [-0.15, -0.1) is 107 Å². The van der Waals surface area contributed by atoms with Gasteiger partial charge in [-0.25, -0.2) is 0 Å². The third-order valence-corrected chi connectivity index (χ3v) is 65.4. The van der Waals surface area contributed by atoms with Crippen LogP contribution in [0.25, 0.3) is 101 Å². The van der Waals surface area contributed by atoms with Gasteiger partial charge >= 0.3 is 496 Å². The number of rotatable bonds is 22. The predicted octanol–water partition coefficient (Wildman–Crippen LogP) is 26.8. The molecule has 0 aliphatic carbocycles. The third kappa shape index (κ3) is 28.0. The van der Waals surface area contributed by atoms with E-state index in [9.17, 15) is 0 Å². The Labute approximate surface area is 909 Å². The van der Waals surface area contributed by atoms with Crippen molar-refractivity contribution in [2.24, 2.45) is 5.92 Å². The molecule has 0 atom stereocenters. The monoisotopic (exact) mass is 2640 g/mol. The van der Waals surface area contributed by atoms with Crippen molar-refractivity contribution in [3.05, 3.63) is 449 Å².